The second kappa shape index (κ2) is 13.2. The van der Waals surface area contributed by atoms with Crippen molar-refractivity contribution in [2.75, 3.05) is 18.1 Å². The van der Waals surface area contributed by atoms with Gasteiger partial charge >= 0.3 is 0 Å². The molecule has 2 N–H and O–H groups in total. The fourth-order valence-corrected chi connectivity index (χ4v) is 6.35. The predicted octanol–water partition coefficient (Wildman–Crippen LogP) is 5.91. The highest BCUT2D eigenvalue weighted by Crippen LogP contribution is 2.39. The van der Waals surface area contributed by atoms with Gasteiger partial charge in [0.05, 0.1) is 43.1 Å². The molecule has 6 rings (SSSR count). The minimum absolute atomic E-state index is 0.00967. The first kappa shape index (κ1) is 29.3. The molecule has 1 saturated heterocycles. The molecule has 4 aromatic rings. The average molecular weight is 596 g/mol. The number of imide groups is 1. The van der Waals surface area contributed by atoms with E-state index in [4.69, 9.17) is 9.47 Å². The maximum absolute atomic E-state index is 12.9. The smallest absolute Gasteiger partial charge is 0.261 e. The van der Waals surface area contributed by atoms with Crippen LogP contribution in [0.3, 0.4) is 0 Å². The van der Waals surface area contributed by atoms with Crippen molar-refractivity contribution in [3.63, 3.8) is 0 Å². The summed E-state index contributed by atoms with van der Waals surface area (Å²) < 4.78 is 12.9. The Hall–Kier alpha value is -3.79. The lowest BCUT2D eigenvalue weighted by Gasteiger charge is -2.36. The molecule has 7 nitrogen and oxygen atoms in total. The van der Waals surface area contributed by atoms with Crippen molar-refractivity contribution in [1.82, 2.24) is 4.90 Å². The molecule has 0 aliphatic carbocycles. The standard InChI is InChI=1S/C35H33NO6S/c37-15-16-43-22-29-19-32(25-13-11-23(21-38)12-14-25)42-35(41-29)28-8-4-7-27(18-28)26-6-3-5-24(17-26)20-36-33(39)30-9-1-2-10-31(30)34(36)40/h1-14,17-18,29,32,35,37-38H,15-16,19-22H2. The van der Waals surface area contributed by atoms with Crippen molar-refractivity contribution in [1.29, 1.82) is 0 Å². The summed E-state index contributed by atoms with van der Waals surface area (Å²) >= 11 is 1.66. The summed E-state index contributed by atoms with van der Waals surface area (Å²) in [4.78, 5) is 27.1. The molecular weight excluding hydrogens is 562 g/mol. The maximum Gasteiger partial charge on any atom is 0.261 e. The topological polar surface area (TPSA) is 96.3 Å². The number of carbonyl (C=O) groups is 2. The molecule has 0 aromatic heterocycles. The Kier molecular flexibility index (Phi) is 9.02. The highest BCUT2D eigenvalue weighted by molar-refractivity contribution is 7.99. The van der Waals surface area contributed by atoms with E-state index in [1.807, 2.05) is 66.7 Å². The van der Waals surface area contributed by atoms with E-state index in [1.54, 1.807) is 36.0 Å². The van der Waals surface area contributed by atoms with Crippen LogP contribution in [0.4, 0.5) is 0 Å². The summed E-state index contributed by atoms with van der Waals surface area (Å²) in [5.74, 6) is 0.845. The van der Waals surface area contributed by atoms with E-state index < -0.39 is 6.29 Å². The van der Waals surface area contributed by atoms with Gasteiger partial charge in [0, 0.05) is 23.5 Å². The van der Waals surface area contributed by atoms with Crippen LogP contribution in [0.25, 0.3) is 11.1 Å². The number of aliphatic hydroxyl groups excluding tert-OH is 2. The Morgan fingerprint density at radius 2 is 1.44 bits per heavy atom. The Morgan fingerprint density at radius 1 is 0.744 bits per heavy atom. The van der Waals surface area contributed by atoms with Gasteiger partial charge in [0.1, 0.15) is 0 Å². The molecule has 0 radical (unpaired) electrons. The number of nitrogens with zero attached hydrogens (tertiary/aromatic N) is 1. The fourth-order valence-electron chi connectivity index (χ4n) is 5.58. The quantitative estimate of drug-likeness (QED) is 0.174. The minimum Gasteiger partial charge on any atom is -0.396 e. The number of hydrogen-bond donors (Lipinski definition) is 2. The first-order valence-electron chi connectivity index (χ1n) is 14.4. The van der Waals surface area contributed by atoms with Gasteiger partial charge < -0.3 is 19.7 Å². The Labute approximate surface area is 255 Å². The lowest BCUT2D eigenvalue weighted by molar-refractivity contribution is -0.245. The monoisotopic (exact) mass is 595 g/mol. The van der Waals surface area contributed by atoms with Gasteiger partial charge in [-0.1, -0.05) is 72.8 Å². The molecule has 2 amide bonds. The van der Waals surface area contributed by atoms with Crippen molar-refractivity contribution in [2.24, 2.45) is 0 Å². The third-order valence-corrected chi connectivity index (χ3v) is 8.87. The summed E-state index contributed by atoms with van der Waals surface area (Å²) in [5, 5.41) is 18.7. The third-order valence-electron chi connectivity index (χ3n) is 7.79. The SMILES string of the molecule is O=C1c2ccccc2C(=O)N1Cc1cccc(-c2cccc(C3OC(CSCCO)CC(c4ccc(CO)cc4)O3)c2)c1. The largest absolute Gasteiger partial charge is 0.396 e. The van der Waals surface area contributed by atoms with Crippen molar-refractivity contribution in [2.45, 2.75) is 38.1 Å². The van der Waals surface area contributed by atoms with Crippen molar-refractivity contribution >= 4 is 23.6 Å². The summed E-state index contributed by atoms with van der Waals surface area (Å²) in [6.07, 6.45) is -0.146. The van der Waals surface area contributed by atoms with E-state index in [0.29, 0.717) is 23.3 Å². The van der Waals surface area contributed by atoms with Gasteiger partial charge in [0.15, 0.2) is 6.29 Å². The van der Waals surface area contributed by atoms with E-state index in [1.165, 1.54) is 4.90 Å². The number of hydrogen-bond acceptors (Lipinski definition) is 7. The third kappa shape index (κ3) is 6.44. The van der Waals surface area contributed by atoms with Crippen LogP contribution in [0.2, 0.25) is 0 Å². The zero-order valence-electron chi connectivity index (χ0n) is 23.6. The van der Waals surface area contributed by atoms with Crippen molar-refractivity contribution in [3.8, 4) is 11.1 Å². The van der Waals surface area contributed by atoms with E-state index in [9.17, 15) is 19.8 Å². The zero-order valence-corrected chi connectivity index (χ0v) is 24.4. The number of thioether (sulfide) groups is 1. The molecular formula is C35H33NO6S. The highest BCUT2D eigenvalue weighted by Gasteiger charge is 2.35. The molecule has 2 heterocycles. The summed E-state index contributed by atoms with van der Waals surface area (Å²) in [7, 11) is 0. The first-order chi connectivity index (χ1) is 21.0. The fraction of sp³-hybridized carbons (Fsp3) is 0.257. The number of aliphatic hydroxyl groups is 2. The molecule has 0 saturated carbocycles. The van der Waals surface area contributed by atoms with Crippen LogP contribution < -0.4 is 0 Å². The molecule has 3 atom stereocenters. The second-order valence-electron chi connectivity index (χ2n) is 10.7. The van der Waals surface area contributed by atoms with Gasteiger partial charge in [-0.2, -0.15) is 11.8 Å². The van der Waals surface area contributed by atoms with Gasteiger partial charge in [0.2, 0.25) is 0 Å². The number of rotatable bonds is 10. The highest BCUT2D eigenvalue weighted by atomic mass is 32.2. The van der Waals surface area contributed by atoms with Crippen LogP contribution in [0.5, 0.6) is 0 Å². The number of amides is 2. The van der Waals surface area contributed by atoms with Crippen molar-refractivity contribution < 1.29 is 29.3 Å². The Balaban J connectivity index is 1.22. The minimum atomic E-state index is -0.586. The van der Waals surface area contributed by atoms with Crippen LogP contribution in [-0.4, -0.2) is 51.1 Å². The van der Waals surface area contributed by atoms with E-state index in [0.717, 1.165) is 39.1 Å². The van der Waals surface area contributed by atoms with Gasteiger partial charge in [-0.15, -0.1) is 0 Å². The lowest BCUT2D eigenvalue weighted by Crippen LogP contribution is -2.31. The predicted molar refractivity (Wildman–Crippen MR) is 165 cm³/mol. The van der Waals surface area contributed by atoms with E-state index in [-0.39, 0.29) is 43.8 Å². The number of fused-ring (bicyclic) bond motifs is 1. The van der Waals surface area contributed by atoms with Crippen LogP contribution in [0.1, 0.15) is 61.8 Å². The van der Waals surface area contributed by atoms with Gasteiger partial charge in [0.25, 0.3) is 11.8 Å². The van der Waals surface area contributed by atoms with E-state index in [2.05, 4.69) is 6.07 Å². The first-order valence-corrected chi connectivity index (χ1v) is 15.5. The lowest BCUT2D eigenvalue weighted by atomic mass is 9.99. The molecule has 220 valence electrons. The molecule has 1 fully saturated rings. The molecule has 4 aromatic carbocycles. The number of benzene rings is 4. The Bertz CT molecular complexity index is 1570. The molecule has 0 bridgehead atoms. The molecule has 2 aliphatic rings. The zero-order chi connectivity index (χ0) is 29.8. The molecule has 0 spiro atoms. The number of ether oxygens (including phenoxy) is 2. The molecule has 8 heteroatoms. The van der Waals surface area contributed by atoms with Crippen molar-refractivity contribution in [3.05, 3.63) is 130 Å². The average Bonchev–Trinajstić information content (AvgIpc) is 3.30. The molecule has 2 aliphatic heterocycles. The summed E-state index contributed by atoms with van der Waals surface area (Å²) in [6.45, 7) is 0.306. The van der Waals surface area contributed by atoms with Gasteiger partial charge in [-0.05, 0) is 52.1 Å². The van der Waals surface area contributed by atoms with Crippen LogP contribution in [-0.2, 0) is 22.6 Å². The Morgan fingerprint density at radius 3 is 2.14 bits per heavy atom. The van der Waals surface area contributed by atoms with E-state index >= 15 is 0 Å². The van der Waals surface area contributed by atoms with Crippen LogP contribution >= 0.6 is 11.8 Å². The van der Waals surface area contributed by atoms with Gasteiger partial charge in [-0.3, -0.25) is 14.5 Å². The second-order valence-corrected chi connectivity index (χ2v) is 11.9. The van der Waals surface area contributed by atoms with Crippen LogP contribution in [0.15, 0.2) is 97.1 Å². The van der Waals surface area contributed by atoms with Crippen LogP contribution in [0, 0.1) is 0 Å². The summed E-state index contributed by atoms with van der Waals surface area (Å²) in [5.41, 5.74) is 6.43. The molecule has 3 unspecified atom stereocenters. The maximum atomic E-state index is 12.9. The summed E-state index contributed by atoms with van der Waals surface area (Å²) in [6, 6.07) is 30.6. The normalized spacial score (nSPS) is 20.0. The van der Waals surface area contributed by atoms with Gasteiger partial charge in [-0.25, -0.2) is 0 Å². The number of carbonyl (C=O) groups excluding carboxylic acids is 2. The molecule has 43 heavy (non-hydrogen) atoms.